The molecule has 0 aliphatic carbocycles. The van der Waals surface area contributed by atoms with Crippen molar-refractivity contribution >= 4 is 29.9 Å². The van der Waals surface area contributed by atoms with Crippen molar-refractivity contribution in [2.75, 3.05) is 25.0 Å². The quantitative estimate of drug-likeness (QED) is 0.782. The Hall–Kier alpha value is -2.00. The van der Waals surface area contributed by atoms with E-state index in [-0.39, 0.29) is 49.1 Å². The number of carbonyl (C=O) groups excluding carboxylic acids is 1. The molecular weight excluding hydrogens is 325 g/mol. The van der Waals surface area contributed by atoms with Crippen LogP contribution in [-0.4, -0.2) is 31.5 Å². The molecule has 0 atom stereocenters. The van der Waals surface area contributed by atoms with E-state index in [1.54, 1.807) is 0 Å². The third-order valence-corrected chi connectivity index (χ3v) is 2.74. The first kappa shape index (κ1) is 18.1. The Labute approximate surface area is 130 Å². The molecule has 0 aromatic heterocycles. The number of hydrogen-bond donors (Lipinski definition) is 3. The largest absolute Gasteiger partial charge is 0.442 e. The number of nitrogens with two attached hydrogens (primary N) is 1. The maximum atomic E-state index is 13.1. The summed E-state index contributed by atoms with van der Waals surface area (Å²) in [6.07, 6.45) is -5.26. The van der Waals surface area contributed by atoms with Gasteiger partial charge in [0.25, 0.3) is 0 Å². The summed E-state index contributed by atoms with van der Waals surface area (Å²) in [5.74, 6) is 0. The van der Waals surface area contributed by atoms with Gasteiger partial charge in [0.2, 0.25) is 0 Å². The second kappa shape index (κ2) is 7.32. The lowest BCUT2D eigenvalue weighted by molar-refractivity contribution is -0.137. The first-order valence-electron chi connectivity index (χ1n) is 6.06. The van der Waals surface area contributed by atoms with E-state index in [2.05, 4.69) is 20.6 Å². The van der Waals surface area contributed by atoms with Gasteiger partial charge in [0.15, 0.2) is 0 Å². The van der Waals surface area contributed by atoms with Crippen LogP contribution in [0.4, 0.5) is 23.7 Å². The van der Waals surface area contributed by atoms with Gasteiger partial charge in [-0.15, -0.1) is 12.4 Å². The second-order valence-electron chi connectivity index (χ2n) is 4.22. The maximum Gasteiger partial charge on any atom is 0.428 e. The van der Waals surface area contributed by atoms with E-state index < -0.39 is 17.8 Å². The van der Waals surface area contributed by atoms with Crippen molar-refractivity contribution in [2.24, 2.45) is 10.8 Å². The fourth-order valence-electron chi connectivity index (χ4n) is 1.78. The molecular formula is C12H14ClF3N4O2. The molecule has 0 saturated carbocycles. The van der Waals surface area contributed by atoms with Gasteiger partial charge in [0.1, 0.15) is 12.3 Å². The van der Waals surface area contributed by atoms with Crippen molar-refractivity contribution in [1.82, 2.24) is 5.43 Å². The van der Waals surface area contributed by atoms with Gasteiger partial charge in [-0.25, -0.2) is 10.2 Å². The minimum atomic E-state index is -4.52. The molecule has 6 nitrogen and oxygen atoms in total. The van der Waals surface area contributed by atoms with Crippen molar-refractivity contribution in [3.8, 4) is 0 Å². The van der Waals surface area contributed by atoms with E-state index in [1.165, 1.54) is 12.1 Å². The number of anilines is 1. The summed E-state index contributed by atoms with van der Waals surface area (Å²) in [7, 11) is 0. The number of hydrogen-bond acceptors (Lipinski definition) is 5. The van der Waals surface area contributed by atoms with Crippen LogP contribution < -0.4 is 16.5 Å². The molecule has 0 radical (unpaired) electrons. The lowest BCUT2D eigenvalue weighted by Crippen LogP contribution is -2.31. The fourth-order valence-corrected chi connectivity index (χ4v) is 1.78. The lowest BCUT2D eigenvalue weighted by Gasteiger charge is -2.18. The topological polar surface area (TPSA) is 88.7 Å². The fraction of sp³-hybridized carbons (Fsp3) is 0.333. The summed E-state index contributed by atoms with van der Waals surface area (Å²) in [6.45, 7) is 0.257. The summed E-state index contributed by atoms with van der Waals surface area (Å²) in [6, 6.07) is 3.72. The monoisotopic (exact) mass is 338 g/mol. The molecule has 0 fully saturated rings. The standard InChI is InChI=1S/C12H13F3N4O2.ClH/c13-12(14,15)8-5-7(1-2-9(8)17-4-3-16)10-6-21-11(20)19-18-10;/h1-2,5,17H,3-4,6,16H2,(H,19,20);1H. The van der Waals surface area contributed by atoms with Gasteiger partial charge < -0.3 is 15.8 Å². The van der Waals surface area contributed by atoms with Gasteiger partial charge in [-0.3, -0.25) is 0 Å². The molecule has 1 aliphatic rings. The van der Waals surface area contributed by atoms with Crippen LogP contribution >= 0.6 is 12.4 Å². The summed E-state index contributed by atoms with van der Waals surface area (Å²) >= 11 is 0. The molecule has 122 valence electrons. The van der Waals surface area contributed by atoms with E-state index in [1.807, 2.05) is 0 Å². The molecule has 2 rings (SSSR count). The van der Waals surface area contributed by atoms with Crippen molar-refractivity contribution in [1.29, 1.82) is 0 Å². The number of ether oxygens (including phenoxy) is 1. The summed E-state index contributed by atoms with van der Waals surface area (Å²) in [5.41, 5.74) is 6.88. The van der Waals surface area contributed by atoms with Crippen LogP contribution in [0.5, 0.6) is 0 Å². The molecule has 0 bridgehead atoms. The number of benzene rings is 1. The number of hydrazone groups is 1. The molecule has 1 aromatic rings. The summed E-state index contributed by atoms with van der Waals surface area (Å²) in [4.78, 5) is 10.8. The maximum absolute atomic E-state index is 13.1. The molecule has 1 aromatic carbocycles. The Morgan fingerprint density at radius 3 is 2.68 bits per heavy atom. The van der Waals surface area contributed by atoms with Crippen molar-refractivity contribution in [3.63, 3.8) is 0 Å². The van der Waals surface area contributed by atoms with E-state index >= 15 is 0 Å². The van der Waals surface area contributed by atoms with Crippen LogP contribution in [0, 0.1) is 0 Å². The Bertz CT molecular complexity index is 578. The SMILES string of the molecule is Cl.NCCNc1ccc(C2=NNC(=O)OC2)cc1C(F)(F)F. The van der Waals surface area contributed by atoms with Gasteiger partial charge in [-0.1, -0.05) is 6.07 Å². The summed E-state index contributed by atoms with van der Waals surface area (Å²) in [5, 5.41) is 6.30. The van der Waals surface area contributed by atoms with Gasteiger partial charge in [0.05, 0.1) is 5.56 Å². The normalized spacial score (nSPS) is 14.4. The van der Waals surface area contributed by atoms with Crippen molar-refractivity contribution in [3.05, 3.63) is 29.3 Å². The third kappa shape index (κ3) is 4.25. The highest BCUT2D eigenvalue weighted by Gasteiger charge is 2.34. The Morgan fingerprint density at radius 1 is 1.41 bits per heavy atom. The predicted molar refractivity (Wildman–Crippen MR) is 77.3 cm³/mol. The van der Waals surface area contributed by atoms with Gasteiger partial charge >= 0.3 is 12.3 Å². The number of amides is 1. The molecule has 0 spiro atoms. The highest BCUT2D eigenvalue weighted by Crippen LogP contribution is 2.35. The van der Waals surface area contributed by atoms with Crippen LogP contribution in [0.25, 0.3) is 0 Å². The van der Waals surface area contributed by atoms with Crippen LogP contribution in [0.15, 0.2) is 23.3 Å². The van der Waals surface area contributed by atoms with E-state index in [0.29, 0.717) is 0 Å². The van der Waals surface area contributed by atoms with E-state index in [0.717, 1.165) is 6.07 Å². The molecule has 4 N–H and O–H groups in total. The Morgan fingerprint density at radius 2 is 2.14 bits per heavy atom. The number of carbonyl (C=O) groups is 1. The van der Waals surface area contributed by atoms with Crippen LogP contribution in [-0.2, 0) is 10.9 Å². The number of halogens is 4. The van der Waals surface area contributed by atoms with Crippen LogP contribution in [0.3, 0.4) is 0 Å². The smallest absolute Gasteiger partial charge is 0.428 e. The highest BCUT2D eigenvalue weighted by atomic mass is 35.5. The lowest BCUT2D eigenvalue weighted by atomic mass is 10.0. The Kier molecular flexibility index (Phi) is 6.01. The molecule has 1 amide bonds. The van der Waals surface area contributed by atoms with Crippen molar-refractivity contribution < 1.29 is 22.7 Å². The number of cyclic esters (lactones) is 1. The number of nitrogens with one attached hydrogen (secondary N) is 2. The van der Waals surface area contributed by atoms with Crippen LogP contribution in [0.1, 0.15) is 11.1 Å². The predicted octanol–water partition coefficient (Wildman–Crippen LogP) is 1.94. The molecule has 22 heavy (non-hydrogen) atoms. The van der Waals surface area contributed by atoms with Crippen molar-refractivity contribution in [2.45, 2.75) is 6.18 Å². The minimum Gasteiger partial charge on any atom is -0.442 e. The average Bonchev–Trinajstić information content (AvgIpc) is 2.45. The first-order chi connectivity index (χ1) is 9.91. The highest BCUT2D eigenvalue weighted by molar-refractivity contribution is 6.04. The van der Waals surface area contributed by atoms with E-state index in [4.69, 9.17) is 5.73 Å². The number of rotatable bonds is 4. The zero-order chi connectivity index (χ0) is 15.5. The van der Waals surface area contributed by atoms with E-state index in [9.17, 15) is 18.0 Å². The molecule has 1 aliphatic heterocycles. The minimum absolute atomic E-state index is 0. The molecule has 0 unspecified atom stereocenters. The van der Waals surface area contributed by atoms with Gasteiger partial charge in [0, 0.05) is 24.3 Å². The molecule has 10 heteroatoms. The molecule has 1 heterocycles. The van der Waals surface area contributed by atoms with Gasteiger partial charge in [-0.05, 0) is 12.1 Å². The van der Waals surface area contributed by atoms with Gasteiger partial charge in [-0.2, -0.15) is 18.3 Å². The molecule has 0 saturated heterocycles. The number of alkyl halides is 3. The third-order valence-electron chi connectivity index (χ3n) is 2.74. The number of nitrogens with zero attached hydrogens (tertiary/aromatic N) is 1. The average molecular weight is 339 g/mol. The zero-order valence-corrected chi connectivity index (χ0v) is 12.1. The van der Waals surface area contributed by atoms with Crippen LogP contribution in [0.2, 0.25) is 0 Å². The summed E-state index contributed by atoms with van der Waals surface area (Å²) < 4.78 is 43.9. The zero-order valence-electron chi connectivity index (χ0n) is 11.2. The first-order valence-corrected chi connectivity index (χ1v) is 6.06. The Balaban J connectivity index is 0.00000242. The second-order valence-corrected chi connectivity index (χ2v) is 4.22.